The number of rotatable bonds is 3. The minimum atomic E-state index is -0.764. The lowest BCUT2D eigenvalue weighted by Gasteiger charge is -1.79. The third-order valence-electron chi connectivity index (χ3n) is 0.599. The number of aliphatic hydroxyl groups is 1. The standard InChI is InChI=1S/C6H12O/c1-2-3-4-5-6-7/h3-4,7H,2,5-6H2,1H3/b4-3+/i1D2. The highest BCUT2D eigenvalue weighted by atomic mass is 16.2. The molecular formula is C6H12O. The van der Waals surface area contributed by atoms with Crippen LogP contribution in [0.2, 0.25) is 0 Å². The number of hydrogen-bond acceptors (Lipinski definition) is 1. The second kappa shape index (κ2) is 5.70. The van der Waals surface area contributed by atoms with Gasteiger partial charge in [-0.15, -0.1) is 0 Å². The monoisotopic (exact) mass is 102 g/mol. The van der Waals surface area contributed by atoms with Crippen LogP contribution in [0.3, 0.4) is 0 Å². The third kappa shape index (κ3) is 5.70. The molecule has 0 saturated carbocycles. The first-order chi connectivity index (χ1) is 4.27. The molecule has 0 radical (unpaired) electrons. The maximum atomic E-state index is 8.29. The van der Waals surface area contributed by atoms with Crippen molar-refractivity contribution in [3.05, 3.63) is 12.2 Å². The minimum absolute atomic E-state index is 0.150. The van der Waals surface area contributed by atoms with E-state index < -0.39 is 6.88 Å². The van der Waals surface area contributed by atoms with Crippen molar-refractivity contribution >= 4 is 0 Å². The zero-order valence-electron chi connectivity index (χ0n) is 6.30. The quantitative estimate of drug-likeness (QED) is 0.533. The lowest BCUT2D eigenvalue weighted by Crippen LogP contribution is -1.73. The van der Waals surface area contributed by atoms with Crippen molar-refractivity contribution in [2.75, 3.05) is 6.61 Å². The van der Waals surface area contributed by atoms with Crippen LogP contribution in [-0.2, 0) is 0 Å². The maximum Gasteiger partial charge on any atom is 0.0465 e. The highest BCUT2D eigenvalue weighted by molar-refractivity contribution is 4.79. The third-order valence-corrected chi connectivity index (χ3v) is 0.599. The van der Waals surface area contributed by atoms with Crippen LogP contribution in [-0.4, -0.2) is 11.7 Å². The first kappa shape index (κ1) is 3.67. The van der Waals surface area contributed by atoms with E-state index in [9.17, 15) is 0 Å². The number of hydrogen-bond donors (Lipinski definition) is 1. The summed E-state index contributed by atoms with van der Waals surface area (Å²) >= 11 is 0. The van der Waals surface area contributed by atoms with E-state index >= 15 is 0 Å². The summed E-state index contributed by atoms with van der Waals surface area (Å²) in [4.78, 5) is 0. The van der Waals surface area contributed by atoms with Crippen molar-refractivity contribution in [1.82, 2.24) is 0 Å². The lowest BCUT2D eigenvalue weighted by molar-refractivity contribution is 0.302. The average Bonchev–Trinajstić information content (AvgIpc) is 1.80. The molecule has 1 nitrogen and oxygen atoms in total. The van der Waals surface area contributed by atoms with Crippen LogP contribution in [0, 0.1) is 0 Å². The van der Waals surface area contributed by atoms with Gasteiger partial charge in [-0.05, 0) is 12.8 Å². The van der Waals surface area contributed by atoms with Crippen molar-refractivity contribution in [1.29, 1.82) is 0 Å². The summed E-state index contributed by atoms with van der Waals surface area (Å²) in [5, 5.41) is 8.29. The van der Waals surface area contributed by atoms with Gasteiger partial charge in [0.1, 0.15) is 0 Å². The lowest BCUT2D eigenvalue weighted by atomic mass is 10.3. The van der Waals surface area contributed by atoms with E-state index in [1.165, 1.54) is 0 Å². The van der Waals surface area contributed by atoms with E-state index in [1.54, 1.807) is 12.2 Å². The van der Waals surface area contributed by atoms with E-state index in [1.807, 2.05) is 0 Å². The fourth-order valence-corrected chi connectivity index (χ4v) is 0.289. The molecule has 0 fully saturated rings. The van der Waals surface area contributed by atoms with Crippen molar-refractivity contribution in [2.45, 2.75) is 19.7 Å². The Bertz CT molecular complexity index is 81.1. The first-order valence-corrected chi connectivity index (χ1v) is 2.37. The van der Waals surface area contributed by atoms with Gasteiger partial charge in [-0.25, -0.2) is 0 Å². The van der Waals surface area contributed by atoms with E-state index in [4.69, 9.17) is 7.85 Å². The van der Waals surface area contributed by atoms with Crippen molar-refractivity contribution in [3.63, 3.8) is 0 Å². The second-order valence-electron chi connectivity index (χ2n) is 1.22. The minimum Gasteiger partial charge on any atom is -0.396 e. The maximum absolute atomic E-state index is 8.29. The summed E-state index contributed by atoms with van der Waals surface area (Å²) in [5.41, 5.74) is 0. The molecule has 0 atom stereocenters. The molecule has 0 aliphatic heterocycles. The largest absolute Gasteiger partial charge is 0.396 e. The SMILES string of the molecule is [2H]C([2H])C/C=C/CCO. The molecule has 7 heavy (non-hydrogen) atoms. The highest BCUT2D eigenvalue weighted by Gasteiger charge is 1.68. The predicted octanol–water partition coefficient (Wildman–Crippen LogP) is 1.33. The van der Waals surface area contributed by atoms with E-state index in [0.29, 0.717) is 12.8 Å². The molecule has 0 saturated heterocycles. The summed E-state index contributed by atoms with van der Waals surface area (Å²) in [7, 11) is 0. The molecule has 42 valence electrons. The Hall–Kier alpha value is -0.300. The molecule has 0 aliphatic carbocycles. The van der Waals surface area contributed by atoms with Crippen molar-refractivity contribution in [3.8, 4) is 0 Å². The van der Waals surface area contributed by atoms with Gasteiger partial charge in [0.15, 0.2) is 0 Å². The van der Waals surface area contributed by atoms with Crippen LogP contribution in [0.25, 0.3) is 0 Å². The molecule has 0 amide bonds. The molecule has 1 N–H and O–H groups in total. The van der Waals surface area contributed by atoms with E-state index in [-0.39, 0.29) is 6.61 Å². The molecule has 0 spiro atoms. The van der Waals surface area contributed by atoms with Gasteiger partial charge >= 0.3 is 0 Å². The van der Waals surface area contributed by atoms with Gasteiger partial charge in [-0.3, -0.25) is 0 Å². The molecular weight excluding hydrogens is 88.1 g/mol. The molecule has 0 heterocycles. The number of aliphatic hydroxyl groups excluding tert-OH is 1. The summed E-state index contributed by atoms with van der Waals surface area (Å²) in [5.74, 6) is 0. The molecule has 0 aliphatic rings. The Kier molecular flexibility index (Phi) is 2.99. The molecule has 0 bridgehead atoms. The van der Waals surface area contributed by atoms with E-state index in [2.05, 4.69) is 0 Å². The number of allylic oxidation sites excluding steroid dienone is 1. The van der Waals surface area contributed by atoms with Gasteiger partial charge in [0.05, 0.1) is 0 Å². The smallest absolute Gasteiger partial charge is 0.0465 e. The van der Waals surface area contributed by atoms with Crippen LogP contribution >= 0.6 is 0 Å². The van der Waals surface area contributed by atoms with Crippen LogP contribution in [0.15, 0.2) is 12.2 Å². The molecule has 0 unspecified atom stereocenters. The van der Waals surface area contributed by atoms with Gasteiger partial charge in [-0.2, -0.15) is 0 Å². The summed E-state index contributed by atoms with van der Waals surface area (Å²) in [6.45, 7) is -0.614. The topological polar surface area (TPSA) is 20.2 Å². The Morgan fingerprint density at radius 2 is 2.57 bits per heavy atom. The molecule has 0 aromatic rings. The first-order valence-electron chi connectivity index (χ1n) is 3.53. The molecule has 0 rings (SSSR count). The average molecular weight is 102 g/mol. The van der Waals surface area contributed by atoms with Crippen LogP contribution in [0.4, 0.5) is 0 Å². The normalized spacial score (nSPS) is 15.1. The highest BCUT2D eigenvalue weighted by Crippen LogP contribution is 1.82. The predicted molar refractivity (Wildman–Crippen MR) is 31.1 cm³/mol. The Morgan fingerprint density at radius 1 is 1.71 bits per heavy atom. The van der Waals surface area contributed by atoms with Gasteiger partial charge < -0.3 is 5.11 Å². The van der Waals surface area contributed by atoms with Crippen molar-refractivity contribution in [2.24, 2.45) is 0 Å². The van der Waals surface area contributed by atoms with Gasteiger partial charge in [0.2, 0.25) is 0 Å². The molecule has 1 heteroatoms. The second-order valence-corrected chi connectivity index (χ2v) is 1.22. The zero-order chi connectivity index (χ0) is 7.11. The van der Waals surface area contributed by atoms with E-state index in [0.717, 1.165) is 0 Å². The van der Waals surface area contributed by atoms with Crippen LogP contribution in [0.5, 0.6) is 0 Å². The fraction of sp³-hybridized carbons (Fsp3) is 0.667. The Labute approximate surface area is 47.5 Å². The molecule has 0 aromatic heterocycles. The van der Waals surface area contributed by atoms with Gasteiger partial charge in [0.25, 0.3) is 0 Å². The Morgan fingerprint density at radius 3 is 3.14 bits per heavy atom. The molecule has 0 aromatic carbocycles. The Balaban J connectivity index is 3.04. The van der Waals surface area contributed by atoms with Gasteiger partial charge in [0, 0.05) is 9.35 Å². The summed E-state index contributed by atoms with van der Waals surface area (Å²) in [6.07, 6.45) is 4.63. The van der Waals surface area contributed by atoms with Crippen LogP contribution in [0.1, 0.15) is 22.5 Å². The van der Waals surface area contributed by atoms with Gasteiger partial charge in [-0.1, -0.05) is 19.0 Å². The van der Waals surface area contributed by atoms with Crippen molar-refractivity contribution < 1.29 is 7.85 Å². The summed E-state index contributed by atoms with van der Waals surface area (Å²) in [6, 6.07) is 0. The fourth-order valence-electron chi connectivity index (χ4n) is 0.289. The zero-order valence-corrected chi connectivity index (χ0v) is 4.30. The summed E-state index contributed by atoms with van der Waals surface area (Å²) < 4.78 is 13.5. The van der Waals surface area contributed by atoms with Crippen LogP contribution < -0.4 is 0 Å².